The lowest BCUT2D eigenvalue weighted by atomic mass is 10.2. The molecule has 1 amide bonds. The molecule has 2 heterocycles. The molecule has 0 atom stereocenters. The van der Waals surface area contributed by atoms with Gasteiger partial charge in [0.25, 0.3) is 5.91 Å². The van der Waals surface area contributed by atoms with Crippen molar-refractivity contribution in [2.24, 2.45) is 0 Å². The van der Waals surface area contributed by atoms with Gasteiger partial charge in [0, 0.05) is 17.4 Å². The molecule has 3 N–H and O–H groups in total. The Labute approximate surface area is 159 Å². The molecule has 0 fully saturated rings. The molecule has 0 bridgehead atoms. The minimum Gasteiger partial charge on any atom is -0.507 e. The molecule has 0 spiro atoms. The predicted octanol–water partition coefficient (Wildman–Crippen LogP) is 1.96. The van der Waals surface area contributed by atoms with E-state index in [1.807, 2.05) is 0 Å². The van der Waals surface area contributed by atoms with Crippen LogP contribution in [0, 0.1) is 17.5 Å². The lowest BCUT2D eigenvalue weighted by Gasteiger charge is -2.11. The number of halogens is 3. The fraction of sp³-hybridized carbons (Fsp3) is 0.125. The molecule has 0 saturated heterocycles. The van der Waals surface area contributed by atoms with Crippen LogP contribution < -0.4 is 5.32 Å². The number of aromatic hydroxyl groups is 1. The molecule has 2 aromatic heterocycles. The lowest BCUT2D eigenvalue weighted by molar-refractivity contribution is -0.135. The maximum absolute atomic E-state index is 13.8. The lowest BCUT2D eigenvalue weighted by Crippen LogP contribution is -2.29. The second kappa shape index (κ2) is 7.76. The number of carbonyl (C=O) groups excluding carboxylic acids is 1. The van der Waals surface area contributed by atoms with Crippen molar-refractivity contribution in [3.05, 3.63) is 53.1 Å². The molecule has 0 aliphatic heterocycles. The standard InChI is InChI=1S/C16H11F3N4O4S/c17-8-1-2-9(18)14(19)7(8)5-28-11-3-10(24)13(15-21-6-22-23(11)15)16(27)20-4-12(25)26/h1-3,6,24H,4-5H2,(H,20,27)(H,25,26). The number of fused-ring (bicyclic) bond motifs is 1. The van der Waals surface area contributed by atoms with E-state index < -0.39 is 47.2 Å². The summed E-state index contributed by atoms with van der Waals surface area (Å²) in [4.78, 5) is 26.6. The molecule has 0 aliphatic carbocycles. The van der Waals surface area contributed by atoms with E-state index in [0.717, 1.165) is 34.7 Å². The third-order valence-electron chi connectivity index (χ3n) is 3.63. The van der Waals surface area contributed by atoms with Crippen LogP contribution in [-0.2, 0) is 10.5 Å². The second-order valence-corrected chi connectivity index (χ2v) is 6.42. The Morgan fingerprint density at radius 1 is 1.21 bits per heavy atom. The second-order valence-electron chi connectivity index (χ2n) is 5.43. The van der Waals surface area contributed by atoms with Gasteiger partial charge in [-0.25, -0.2) is 22.7 Å². The number of carboxylic acid groups (broad SMARTS) is 1. The van der Waals surface area contributed by atoms with Gasteiger partial charge in [-0.2, -0.15) is 5.10 Å². The normalized spacial score (nSPS) is 11.0. The number of hydrogen-bond donors (Lipinski definition) is 3. The number of aromatic nitrogens is 3. The quantitative estimate of drug-likeness (QED) is 0.419. The van der Waals surface area contributed by atoms with Crippen molar-refractivity contribution in [1.29, 1.82) is 0 Å². The monoisotopic (exact) mass is 412 g/mol. The minimum atomic E-state index is -1.32. The molecule has 3 aromatic rings. The van der Waals surface area contributed by atoms with E-state index in [9.17, 15) is 27.9 Å². The van der Waals surface area contributed by atoms with E-state index in [4.69, 9.17) is 5.11 Å². The highest BCUT2D eigenvalue weighted by atomic mass is 32.2. The van der Waals surface area contributed by atoms with Crippen LogP contribution in [0.5, 0.6) is 5.75 Å². The topological polar surface area (TPSA) is 117 Å². The van der Waals surface area contributed by atoms with Crippen LogP contribution in [0.2, 0.25) is 0 Å². The van der Waals surface area contributed by atoms with Crippen LogP contribution in [-0.4, -0.2) is 43.2 Å². The van der Waals surface area contributed by atoms with Gasteiger partial charge < -0.3 is 15.5 Å². The summed E-state index contributed by atoms with van der Waals surface area (Å²) in [6.45, 7) is -0.673. The van der Waals surface area contributed by atoms with Gasteiger partial charge in [0.2, 0.25) is 0 Å². The Morgan fingerprint density at radius 2 is 1.93 bits per heavy atom. The molecule has 146 valence electrons. The third-order valence-corrected chi connectivity index (χ3v) is 4.65. The number of rotatable bonds is 6. The molecule has 1 aromatic carbocycles. The molecule has 8 nitrogen and oxygen atoms in total. The maximum atomic E-state index is 13.8. The van der Waals surface area contributed by atoms with E-state index in [2.05, 4.69) is 15.4 Å². The van der Waals surface area contributed by atoms with Crippen molar-refractivity contribution < 1.29 is 33.0 Å². The predicted molar refractivity (Wildman–Crippen MR) is 90.5 cm³/mol. The summed E-state index contributed by atoms with van der Waals surface area (Å²) in [6.07, 6.45) is 1.08. The summed E-state index contributed by atoms with van der Waals surface area (Å²) in [5, 5.41) is 25.0. The number of carboxylic acids is 1. The molecule has 0 radical (unpaired) electrons. The highest BCUT2D eigenvalue weighted by Gasteiger charge is 2.22. The molecular weight excluding hydrogens is 401 g/mol. The van der Waals surface area contributed by atoms with Crippen LogP contribution in [0.3, 0.4) is 0 Å². The smallest absolute Gasteiger partial charge is 0.322 e. The Balaban J connectivity index is 1.93. The molecule has 0 saturated carbocycles. The number of hydrogen-bond acceptors (Lipinski definition) is 6. The summed E-state index contributed by atoms with van der Waals surface area (Å²) < 4.78 is 42.0. The van der Waals surface area contributed by atoms with Gasteiger partial charge in [0.15, 0.2) is 17.3 Å². The summed E-state index contributed by atoms with van der Waals surface area (Å²) in [6, 6.07) is 2.58. The van der Waals surface area contributed by atoms with Crippen LogP contribution >= 0.6 is 11.8 Å². The average molecular weight is 412 g/mol. The molecule has 0 unspecified atom stereocenters. The van der Waals surface area contributed by atoms with Crippen molar-refractivity contribution in [3.8, 4) is 5.75 Å². The number of benzene rings is 1. The van der Waals surface area contributed by atoms with Crippen molar-refractivity contribution in [3.63, 3.8) is 0 Å². The summed E-state index contributed by atoms with van der Waals surface area (Å²) in [5.41, 5.74) is -0.905. The number of amides is 1. The van der Waals surface area contributed by atoms with Crippen molar-refractivity contribution in [2.75, 3.05) is 6.54 Å². The minimum absolute atomic E-state index is 0.0921. The first kappa shape index (κ1) is 19.5. The van der Waals surface area contributed by atoms with Crippen LogP contribution in [0.1, 0.15) is 15.9 Å². The zero-order valence-corrected chi connectivity index (χ0v) is 14.6. The van der Waals surface area contributed by atoms with Gasteiger partial charge in [-0.15, -0.1) is 11.8 Å². The first-order valence-corrected chi connectivity index (χ1v) is 8.59. The number of aliphatic carboxylic acids is 1. The van der Waals surface area contributed by atoms with Gasteiger partial charge in [-0.1, -0.05) is 0 Å². The van der Waals surface area contributed by atoms with Crippen molar-refractivity contribution in [1.82, 2.24) is 19.9 Å². The summed E-state index contributed by atoms with van der Waals surface area (Å²) >= 11 is 0.825. The van der Waals surface area contributed by atoms with E-state index in [1.54, 1.807) is 0 Å². The summed E-state index contributed by atoms with van der Waals surface area (Å²) in [5.74, 6) is -6.49. The van der Waals surface area contributed by atoms with Gasteiger partial charge in [-0.05, 0) is 12.1 Å². The summed E-state index contributed by atoms with van der Waals surface area (Å²) in [7, 11) is 0. The Hall–Kier alpha value is -3.28. The van der Waals surface area contributed by atoms with Gasteiger partial charge in [0.1, 0.15) is 35.0 Å². The van der Waals surface area contributed by atoms with Crippen LogP contribution in [0.25, 0.3) is 5.65 Å². The highest BCUT2D eigenvalue weighted by molar-refractivity contribution is 7.98. The SMILES string of the molecule is O=C(O)CNC(=O)c1c(O)cc(SCc2c(F)ccc(F)c2F)n2ncnc12. The Morgan fingerprint density at radius 3 is 2.64 bits per heavy atom. The van der Waals surface area contributed by atoms with Gasteiger partial charge in [0.05, 0.1) is 0 Å². The zero-order valence-electron chi connectivity index (χ0n) is 13.8. The molecule has 28 heavy (non-hydrogen) atoms. The van der Waals surface area contributed by atoms with E-state index in [-0.39, 0.29) is 22.0 Å². The molecule has 0 aliphatic rings. The van der Waals surface area contributed by atoms with Gasteiger partial charge >= 0.3 is 5.97 Å². The molecule has 12 heteroatoms. The van der Waals surface area contributed by atoms with E-state index >= 15 is 0 Å². The number of nitrogens with zero attached hydrogens (tertiary/aromatic N) is 3. The number of nitrogens with one attached hydrogen (secondary N) is 1. The fourth-order valence-corrected chi connectivity index (χ4v) is 3.36. The third kappa shape index (κ3) is 3.71. The largest absolute Gasteiger partial charge is 0.507 e. The van der Waals surface area contributed by atoms with E-state index in [0.29, 0.717) is 6.07 Å². The Bertz CT molecular complexity index is 1090. The average Bonchev–Trinajstić information content (AvgIpc) is 3.12. The Kier molecular flexibility index (Phi) is 5.40. The fourth-order valence-electron chi connectivity index (χ4n) is 2.35. The zero-order chi connectivity index (χ0) is 20.4. The van der Waals surface area contributed by atoms with Crippen LogP contribution in [0.15, 0.2) is 29.6 Å². The van der Waals surface area contributed by atoms with Gasteiger partial charge in [-0.3, -0.25) is 9.59 Å². The number of thioether (sulfide) groups is 1. The molecular formula is C16H11F3N4O4S. The van der Waals surface area contributed by atoms with Crippen molar-refractivity contribution in [2.45, 2.75) is 10.8 Å². The highest BCUT2D eigenvalue weighted by Crippen LogP contribution is 2.31. The maximum Gasteiger partial charge on any atom is 0.322 e. The molecule has 3 rings (SSSR count). The first-order chi connectivity index (χ1) is 13.3. The van der Waals surface area contributed by atoms with Crippen LogP contribution in [0.4, 0.5) is 13.2 Å². The first-order valence-electron chi connectivity index (χ1n) is 7.60. The van der Waals surface area contributed by atoms with E-state index in [1.165, 1.54) is 0 Å². The number of pyridine rings is 1. The number of carbonyl (C=O) groups is 2. The van der Waals surface area contributed by atoms with Crippen molar-refractivity contribution >= 4 is 29.3 Å².